The second-order valence-electron chi connectivity index (χ2n) is 4.99. The molecule has 0 N–H and O–H groups in total. The highest BCUT2D eigenvalue weighted by Crippen LogP contribution is 2.30. The summed E-state index contributed by atoms with van der Waals surface area (Å²) in [4.78, 5) is 4.23. The van der Waals surface area contributed by atoms with Crippen molar-refractivity contribution in [1.82, 2.24) is 4.98 Å². The van der Waals surface area contributed by atoms with Crippen LogP contribution in [0.4, 0.5) is 0 Å². The van der Waals surface area contributed by atoms with Crippen molar-refractivity contribution in [3.05, 3.63) is 60.3 Å². The van der Waals surface area contributed by atoms with Gasteiger partial charge in [-0.05, 0) is 30.0 Å². The van der Waals surface area contributed by atoms with E-state index in [4.69, 9.17) is 0 Å². The molecule has 1 aromatic carbocycles. The average Bonchev–Trinajstić information content (AvgIpc) is 2.46. The lowest BCUT2D eigenvalue weighted by molar-refractivity contribution is 0.564. The molecule has 2 atom stereocenters. The maximum absolute atomic E-state index is 12.7. The number of rotatable bonds is 5. The van der Waals surface area contributed by atoms with Crippen LogP contribution in [0.5, 0.6) is 0 Å². The van der Waals surface area contributed by atoms with Crippen LogP contribution in [0.1, 0.15) is 31.1 Å². The molecule has 0 aliphatic carbocycles. The zero-order valence-electron chi connectivity index (χ0n) is 11.3. The molecule has 1 heterocycles. The smallest absolute Gasteiger partial charge is 0.127 e. The summed E-state index contributed by atoms with van der Waals surface area (Å²) in [6.45, 7) is 4.32. The Hall–Kier alpha value is -1.48. The van der Waals surface area contributed by atoms with E-state index in [9.17, 15) is 4.21 Å². The van der Waals surface area contributed by atoms with Crippen LogP contribution in [0.15, 0.2) is 59.8 Å². The highest BCUT2D eigenvalue weighted by atomic mass is 32.2. The minimum atomic E-state index is -1.10. The van der Waals surface area contributed by atoms with Crippen LogP contribution in [0.2, 0.25) is 0 Å². The molecule has 19 heavy (non-hydrogen) atoms. The van der Waals surface area contributed by atoms with Crippen molar-refractivity contribution in [1.29, 1.82) is 0 Å². The highest BCUT2D eigenvalue weighted by molar-refractivity contribution is 7.85. The van der Waals surface area contributed by atoms with Crippen LogP contribution in [0.3, 0.4) is 0 Å². The fraction of sp³-hybridized carbons (Fsp3) is 0.312. The van der Waals surface area contributed by atoms with Crippen molar-refractivity contribution >= 4 is 10.8 Å². The molecule has 3 heteroatoms. The fourth-order valence-corrected chi connectivity index (χ4v) is 3.69. The first-order valence-electron chi connectivity index (χ1n) is 6.55. The SMILES string of the molecule is CC(C)C[C@H](c1ccccc1)S(=O)c1ccccn1. The van der Waals surface area contributed by atoms with Crippen molar-refractivity contribution in [3.63, 3.8) is 0 Å². The quantitative estimate of drug-likeness (QED) is 0.825. The molecule has 1 unspecified atom stereocenters. The third-order valence-electron chi connectivity index (χ3n) is 2.96. The first-order valence-corrected chi connectivity index (χ1v) is 7.76. The average molecular weight is 273 g/mol. The van der Waals surface area contributed by atoms with Crippen LogP contribution in [0, 0.1) is 5.92 Å². The van der Waals surface area contributed by atoms with Gasteiger partial charge in [0.1, 0.15) is 5.03 Å². The predicted octanol–water partition coefficient (Wildman–Crippen LogP) is 3.98. The number of aromatic nitrogens is 1. The van der Waals surface area contributed by atoms with Gasteiger partial charge in [0.2, 0.25) is 0 Å². The second-order valence-corrected chi connectivity index (χ2v) is 6.58. The molecular weight excluding hydrogens is 254 g/mol. The maximum Gasteiger partial charge on any atom is 0.127 e. The standard InChI is InChI=1S/C16H19NOS/c1-13(2)12-15(14-8-4-3-5-9-14)19(18)16-10-6-7-11-17-16/h3-11,13,15H,12H2,1-2H3/t15-,19?/m1/s1. The lowest BCUT2D eigenvalue weighted by Crippen LogP contribution is -2.11. The van der Waals surface area contributed by atoms with E-state index in [1.54, 1.807) is 6.20 Å². The van der Waals surface area contributed by atoms with Crippen molar-refractivity contribution in [3.8, 4) is 0 Å². The molecule has 2 rings (SSSR count). The summed E-state index contributed by atoms with van der Waals surface area (Å²) in [5.74, 6) is 0.498. The van der Waals surface area contributed by atoms with E-state index < -0.39 is 10.8 Å². The molecule has 0 bridgehead atoms. The van der Waals surface area contributed by atoms with Crippen LogP contribution in [-0.4, -0.2) is 9.19 Å². The predicted molar refractivity (Wildman–Crippen MR) is 79.3 cm³/mol. The Kier molecular flexibility index (Phi) is 4.86. The van der Waals surface area contributed by atoms with Crippen molar-refractivity contribution in [2.45, 2.75) is 30.5 Å². The van der Waals surface area contributed by atoms with Crippen LogP contribution in [-0.2, 0) is 10.8 Å². The Morgan fingerprint density at radius 2 is 1.74 bits per heavy atom. The van der Waals surface area contributed by atoms with Crippen LogP contribution in [0.25, 0.3) is 0 Å². The lowest BCUT2D eigenvalue weighted by Gasteiger charge is -2.18. The summed E-state index contributed by atoms with van der Waals surface area (Å²) in [6, 6.07) is 15.7. The van der Waals surface area contributed by atoms with Gasteiger partial charge in [0.25, 0.3) is 0 Å². The monoisotopic (exact) mass is 273 g/mol. The van der Waals surface area contributed by atoms with E-state index in [-0.39, 0.29) is 5.25 Å². The summed E-state index contributed by atoms with van der Waals surface area (Å²) in [7, 11) is -1.10. The Balaban J connectivity index is 2.31. The van der Waals surface area contributed by atoms with E-state index >= 15 is 0 Å². The van der Waals surface area contributed by atoms with Crippen molar-refractivity contribution < 1.29 is 4.21 Å². The minimum Gasteiger partial charge on any atom is -0.252 e. The lowest BCUT2D eigenvalue weighted by atomic mass is 10.0. The van der Waals surface area contributed by atoms with Gasteiger partial charge in [-0.2, -0.15) is 0 Å². The van der Waals surface area contributed by atoms with Crippen molar-refractivity contribution in [2.24, 2.45) is 5.92 Å². The third kappa shape index (κ3) is 3.74. The Bertz CT molecular complexity index is 525. The topological polar surface area (TPSA) is 30.0 Å². The molecule has 100 valence electrons. The number of benzene rings is 1. The molecule has 0 aliphatic heterocycles. The van der Waals surface area contributed by atoms with Crippen LogP contribution < -0.4 is 0 Å². The molecule has 0 aliphatic rings. The fourth-order valence-electron chi connectivity index (χ4n) is 2.05. The molecule has 0 saturated heterocycles. The summed E-state index contributed by atoms with van der Waals surface area (Å²) in [5.41, 5.74) is 1.13. The Morgan fingerprint density at radius 1 is 1.05 bits per heavy atom. The van der Waals surface area contributed by atoms with Gasteiger partial charge in [0.05, 0.1) is 16.0 Å². The zero-order chi connectivity index (χ0) is 13.7. The van der Waals surface area contributed by atoms with Gasteiger partial charge in [-0.3, -0.25) is 4.21 Å². The first kappa shape index (κ1) is 13.9. The summed E-state index contributed by atoms with van der Waals surface area (Å²) in [6.07, 6.45) is 2.60. The molecule has 1 aromatic heterocycles. The summed E-state index contributed by atoms with van der Waals surface area (Å²) >= 11 is 0. The summed E-state index contributed by atoms with van der Waals surface area (Å²) in [5, 5.41) is 0.674. The van der Waals surface area contributed by atoms with Gasteiger partial charge >= 0.3 is 0 Å². The number of hydrogen-bond donors (Lipinski definition) is 0. The van der Waals surface area contributed by atoms with E-state index in [1.807, 2.05) is 48.5 Å². The van der Waals surface area contributed by atoms with E-state index in [2.05, 4.69) is 18.8 Å². The Labute approximate surface area is 117 Å². The molecule has 0 amide bonds. The molecule has 2 aromatic rings. The third-order valence-corrected chi connectivity index (χ3v) is 4.59. The van der Waals surface area contributed by atoms with Gasteiger partial charge < -0.3 is 0 Å². The molecule has 0 radical (unpaired) electrons. The molecular formula is C16H19NOS. The second kappa shape index (κ2) is 6.62. The zero-order valence-corrected chi connectivity index (χ0v) is 12.1. The van der Waals surface area contributed by atoms with Gasteiger partial charge in [0.15, 0.2) is 0 Å². The maximum atomic E-state index is 12.7. The molecule has 2 nitrogen and oxygen atoms in total. The summed E-state index contributed by atoms with van der Waals surface area (Å²) < 4.78 is 12.7. The highest BCUT2D eigenvalue weighted by Gasteiger charge is 2.22. The molecule has 0 fully saturated rings. The normalized spacial score (nSPS) is 14.3. The van der Waals surface area contributed by atoms with E-state index in [0.717, 1.165) is 12.0 Å². The number of nitrogens with zero attached hydrogens (tertiary/aromatic N) is 1. The van der Waals surface area contributed by atoms with E-state index in [1.165, 1.54) is 0 Å². The Morgan fingerprint density at radius 3 is 2.32 bits per heavy atom. The van der Waals surface area contributed by atoms with E-state index in [0.29, 0.717) is 10.9 Å². The van der Waals surface area contributed by atoms with Crippen LogP contribution >= 0.6 is 0 Å². The van der Waals surface area contributed by atoms with Gasteiger partial charge in [-0.25, -0.2) is 4.98 Å². The number of pyridine rings is 1. The first-order chi connectivity index (χ1) is 9.18. The van der Waals surface area contributed by atoms with Gasteiger partial charge in [-0.15, -0.1) is 0 Å². The van der Waals surface area contributed by atoms with Gasteiger partial charge in [-0.1, -0.05) is 50.2 Å². The largest absolute Gasteiger partial charge is 0.252 e. The number of hydrogen-bond acceptors (Lipinski definition) is 2. The molecule has 0 spiro atoms. The minimum absolute atomic E-state index is 0.0103. The van der Waals surface area contributed by atoms with Gasteiger partial charge in [0, 0.05) is 6.20 Å². The van der Waals surface area contributed by atoms with Crippen molar-refractivity contribution in [2.75, 3.05) is 0 Å². The molecule has 0 saturated carbocycles.